The molecule has 2 heterocycles. The zero-order valence-electron chi connectivity index (χ0n) is 22.5. The lowest BCUT2D eigenvalue weighted by molar-refractivity contribution is -0.127. The maximum atomic E-state index is 13.7. The van der Waals surface area contributed by atoms with Gasteiger partial charge in [0.25, 0.3) is 5.91 Å². The van der Waals surface area contributed by atoms with Crippen LogP contribution in [-0.2, 0) is 11.2 Å². The molecule has 0 saturated heterocycles. The first-order chi connectivity index (χ1) is 19.9. The van der Waals surface area contributed by atoms with Gasteiger partial charge in [0.05, 0.1) is 32.1 Å². The first-order valence-electron chi connectivity index (χ1n) is 12.7. The van der Waals surface area contributed by atoms with E-state index in [4.69, 9.17) is 20.9 Å². The summed E-state index contributed by atoms with van der Waals surface area (Å²) in [5.41, 5.74) is 17.1. The van der Waals surface area contributed by atoms with Crippen LogP contribution in [0.1, 0.15) is 45.0 Å². The van der Waals surface area contributed by atoms with Gasteiger partial charge in [-0.05, 0) is 47.0 Å². The highest BCUT2D eigenvalue weighted by molar-refractivity contribution is 5.95. The van der Waals surface area contributed by atoms with Crippen molar-refractivity contribution in [2.24, 2.45) is 5.10 Å². The number of benzene rings is 3. The van der Waals surface area contributed by atoms with Crippen LogP contribution in [0.4, 0.5) is 11.8 Å². The molecule has 1 aromatic heterocycles. The third-order valence-corrected chi connectivity index (χ3v) is 6.72. The largest absolute Gasteiger partial charge is 0.493 e. The molecule has 4 aromatic rings. The molecule has 0 spiro atoms. The molecule has 3 aromatic carbocycles. The molecule has 1 aliphatic rings. The molecule has 10 nitrogen and oxygen atoms in total. The van der Waals surface area contributed by atoms with Gasteiger partial charge in [0.2, 0.25) is 5.95 Å². The van der Waals surface area contributed by atoms with Crippen LogP contribution in [0, 0.1) is 11.3 Å². The van der Waals surface area contributed by atoms with Crippen LogP contribution in [0.3, 0.4) is 0 Å². The van der Waals surface area contributed by atoms with Crippen molar-refractivity contribution < 1.29 is 14.3 Å². The van der Waals surface area contributed by atoms with Gasteiger partial charge in [0.1, 0.15) is 11.9 Å². The standard InChI is InChI=1S/C31H27N7O3/c1-40-26-15-20(14-24-17-35-31(34)37-30(24)33)13-22(29(26)41-2)11-12-27(39)38-28(21-9-7-19(16-32)8-10-21)25-6-4-3-5-23(25)18-36-38/h3-13,15,17-18,28H,14H2,1-2H3,(H4,33,34,35,37)/b12-11+. The molecule has 1 atom stereocenters. The second kappa shape index (κ2) is 11.6. The maximum absolute atomic E-state index is 13.7. The van der Waals surface area contributed by atoms with Crippen LogP contribution < -0.4 is 20.9 Å². The summed E-state index contributed by atoms with van der Waals surface area (Å²) in [4.78, 5) is 21.7. The molecule has 204 valence electrons. The van der Waals surface area contributed by atoms with Crippen LogP contribution in [0.5, 0.6) is 11.5 Å². The van der Waals surface area contributed by atoms with Gasteiger partial charge in [0, 0.05) is 35.4 Å². The number of nitrogens with zero attached hydrogens (tertiary/aromatic N) is 5. The highest BCUT2D eigenvalue weighted by atomic mass is 16.5. The summed E-state index contributed by atoms with van der Waals surface area (Å²) in [6, 6.07) is 20.3. The lowest BCUT2D eigenvalue weighted by Crippen LogP contribution is -2.33. The molecular weight excluding hydrogens is 518 g/mol. The molecule has 0 fully saturated rings. The number of hydrogen-bond acceptors (Lipinski definition) is 9. The number of carbonyl (C=O) groups is 1. The van der Waals surface area contributed by atoms with Gasteiger partial charge in [-0.2, -0.15) is 15.3 Å². The van der Waals surface area contributed by atoms with Crippen molar-refractivity contribution in [1.29, 1.82) is 5.26 Å². The van der Waals surface area contributed by atoms with Gasteiger partial charge in [-0.3, -0.25) is 4.79 Å². The normalized spacial score (nSPS) is 14.0. The smallest absolute Gasteiger partial charge is 0.267 e. The van der Waals surface area contributed by atoms with Crippen LogP contribution in [0.25, 0.3) is 6.08 Å². The highest BCUT2D eigenvalue weighted by Gasteiger charge is 2.30. The Morgan fingerprint density at radius 2 is 1.88 bits per heavy atom. The molecule has 5 rings (SSSR count). The summed E-state index contributed by atoms with van der Waals surface area (Å²) in [5, 5.41) is 15.2. The van der Waals surface area contributed by atoms with Crippen molar-refractivity contribution in [3.8, 4) is 17.6 Å². The number of aromatic nitrogens is 2. The van der Waals surface area contributed by atoms with Crippen LogP contribution >= 0.6 is 0 Å². The number of amides is 1. The minimum atomic E-state index is -0.475. The third-order valence-electron chi connectivity index (χ3n) is 6.72. The molecule has 1 amide bonds. The number of nitriles is 1. The zero-order valence-corrected chi connectivity index (χ0v) is 22.5. The summed E-state index contributed by atoms with van der Waals surface area (Å²) in [6.45, 7) is 0. The van der Waals surface area contributed by atoms with Gasteiger partial charge < -0.3 is 20.9 Å². The minimum absolute atomic E-state index is 0.100. The van der Waals surface area contributed by atoms with Crippen LogP contribution in [0.2, 0.25) is 0 Å². The number of hydrazone groups is 1. The zero-order chi connectivity index (χ0) is 28.9. The van der Waals surface area contributed by atoms with Crippen molar-refractivity contribution in [2.75, 3.05) is 25.7 Å². The topological polar surface area (TPSA) is 153 Å². The fourth-order valence-corrected chi connectivity index (χ4v) is 4.75. The molecule has 41 heavy (non-hydrogen) atoms. The average molecular weight is 546 g/mol. The molecule has 1 aliphatic heterocycles. The predicted molar refractivity (Wildman–Crippen MR) is 156 cm³/mol. The number of fused-ring (bicyclic) bond motifs is 1. The molecule has 4 N–H and O–H groups in total. The van der Waals surface area contributed by atoms with Gasteiger partial charge in [-0.1, -0.05) is 36.4 Å². The van der Waals surface area contributed by atoms with E-state index >= 15 is 0 Å². The monoisotopic (exact) mass is 545 g/mol. The number of nitrogen functional groups attached to an aromatic ring is 2. The van der Waals surface area contributed by atoms with Crippen molar-refractivity contribution in [2.45, 2.75) is 12.5 Å². The number of anilines is 2. The number of hydrogen-bond donors (Lipinski definition) is 2. The van der Waals surface area contributed by atoms with E-state index in [-0.39, 0.29) is 17.7 Å². The van der Waals surface area contributed by atoms with Crippen molar-refractivity contribution in [1.82, 2.24) is 15.0 Å². The van der Waals surface area contributed by atoms with Crippen LogP contribution in [-0.4, -0.2) is 41.3 Å². The fraction of sp³-hybridized carbons (Fsp3) is 0.129. The summed E-state index contributed by atoms with van der Waals surface area (Å²) in [5.74, 6) is 1.01. The molecule has 0 saturated carbocycles. The summed E-state index contributed by atoms with van der Waals surface area (Å²) in [6.07, 6.45) is 6.79. The molecule has 0 radical (unpaired) electrons. The van der Waals surface area contributed by atoms with Crippen molar-refractivity contribution in [3.63, 3.8) is 0 Å². The van der Waals surface area contributed by atoms with E-state index in [9.17, 15) is 10.1 Å². The van der Waals surface area contributed by atoms with E-state index in [2.05, 4.69) is 21.1 Å². The van der Waals surface area contributed by atoms with E-state index < -0.39 is 6.04 Å². The number of methoxy groups -OCH3 is 2. The number of rotatable bonds is 7. The van der Waals surface area contributed by atoms with Crippen LogP contribution in [0.15, 0.2) is 78.0 Å². The van der Waals surface area contributed by atoms with E-state index in [1.165, 1.54) is 18.2 Å². The molecule has 10 heteroatoms. The number of nitrogens with two attached hydrogens (primary N) is 2. The number of ether oxygens (including phenoxy) is 2. The second-order valence-corrected chi connectivity index (χ2v) is 9.26. The molecular formula is C31H27N7O3. The van der Waals surface area contributed by atoms with E-state index in [1.807, 2.05) is 48.5 Å². The van der Waals surface area contributed by atoms with Gasteiger partial charge in [-0.25, -0.2) is 9.99 Å². The first-order valence-corrected chi connectivity index (χ1v) is 12.7. The molecule has 0 aliphatic carbocycles. The Morgan fingerprint density at radius 1 is 1.10 bits per heavy atom. The Kier molecular flexibility index (Phi) is 7.60. The third kappa shape index (κ3) is 5.55. The van der Waals surface area contributed by atoms with Gasteiger partial charge in [0.15, 0.2) is 11.5 Å². The van der Waals surface area contributed by atoms with Gasteiger partial charge >= 0.3 is 0 Å². The Hall–Kier alpha value is -5.69. The second-order valence-electron chi connectivity index (χ2n) is 9.26. The molecule has 1 unspecified atom stereocenters. The Labute approximate surface area is 237 Å². The van der Waals surface area contributed by atoms with Crippen molar-refractivity contribution >= 4 is 30.0 Å². The summed E-state index contributed by atoms with van der Waals surface area (Å²) in [7, 11) is 3.08. The highest BCUT2D eigenvalue weighted by Crippen LogP contribution is 2.36. The minimum Gasteiger partial charge on any atom is -0.493 e. The van der Waals surface area contributed by atoms with E-state index in [1.54, 1.807) is 37.7 Å². The Balaban J connectivity index is 1.49. The molecule has 0 bridgehead atoms. The van der Waals surface area contributed by atoms with E-state index in [0.29, 0.717) is 34.6 Å². The SMILES string of the molecule is COc1cc(Cc2cnc(N)nc2N)cc(/C=C/C(=O)N2N=Cc3ccccc3C2c2ccc(C#N)cc2)c1OC. The maximum Gasteiger partial charge on any atom is 0.267 e. The van der Waals surface area contributed by atoms with E-state index in [0.717, 1.165) is 22.3 Å². The Bertz CT molecular complexity index is 1710. The first kappa shape index (κ1) is 26.9. The summed E-state index contributed by atoms with van der Waals surface area (Å²) >= 11 is 0. The summed E-state index contributed by atoms with van der Waals surface area (Å²) < 4.78 is 11.2. The lowest BCUT2D eigenvalue weighted by Gasteiger charge is -2.31. The number of carbonyl (C=O) groups excluding carboxylic acids is 1. The Morgan fingerprint density at radius 3 is 2.59 bits per heavy atom. The fourth-order valence-electron chi connectivity index (χ4n) is 4.75. The quantitative estimate of drug-likeness (QED) is 0.329. The van der Waals surface area contributed by atoms with Crippen molar-refractivity contribution in [3.05, 3.63) is 112 Å². The van der Waals surface area contributed by atoms with Gasteiger partial charge in [-0.15, -0.1) is 0 Å². The average Bonchev–Trinajstić information content (AvgIpc) is 3.00. The lowest BCUT2D eigenvalue weighted by atomic mass is 9.92. The predicted octanol–water partition coefficient (Wildman–Crippen LogP) is 4.10.